The third-order valence-electron chi connectivity index (χ3n) is 3.56. The second-order valence-corrected chi connectivity index (χ2v) is 4.99. The maximum atomic E-state index is 14.1. The van der Waals surface area contributed by atoms with E-state index in [1.54, 1.807) is 0 Å². The molecule has 116 valence electrons. The largest absolute Gasteiger partial charge is 0.206 e. The highest BCUT2D eigenvalue weighted by atomic mass is 19.2. The molecule has 0 aliphatic carbocycles. The summed E-state index contributed by atoms with van der Waals surface area (Å²) in [6.45, 7) is 3.43. The molecule has 0 aromatic heterocycles. The van der Waals surface area contributed by atoms with E-state index in [2.05, 4.69) is 6.58 Å². The first kappa shape index (κ1) is 15.2. The summed E-state index contributed by atoms with van der Waals surface area (Å²) in [5.41, 5.74) is 0.0276. The fraction of sp³-hybridized carbons (Fsp3) is 0. The van der Waals surface area contributed by atoms with Crippen LogP contribution in [0.3, 0.4) is 0 Å². The average molecular weight is 320 g/mol. The summed E-state index contributed by atoms with van der Waals surface area (Å²) in [6.07, 6.45) is 1.30. The van der Waals surface area contributed by atoms with Gasteiger partial charge in [-0.25, -0.2) is 22.0 Å². The molecular formula is C18H9F5. The predicted molar refractivity (Wildman–Crippen MR) is 79.3 cm³/mol. The summed E-state index contributed by atoms with van der Waals surface area (Å²) in [7, 11) is 0. The zero-order valence-corrected chi connectivity index (χ0v) is 11.6. The first-order valence-corrected chi connectivity index (χ1v) is 6.61. The van der Waals surface area contributed by atoms with E-state index in [0.717, 1.165) is 24.3 Å². The molecule has 0 aliphatic rings. The molecular weight excluding hydrogens is 311 g/mol. The van der Waals surface area contributed by atoms with Crippen LogP contribution in [0, 0.1) is 29.1 Å². The van der Waals surface area contributed by atoms with Crippen LogP contribution in [0.5, 0.6) is 0 Å². The van der Waals surface area contributed by atoms with Gasteiger partial charge in [0.2, 0.25) is 0 Å². The highest BCUT2D eigenvalue weighted by Gasteiger charge is 2.17. The smallest absolute Gasteiger partial charge is 0.195 e. The van der Waals surface area contributed by atoms with Gasteiger partial charge in [-0.05, 0) is 40.8 Å². The van der Waals surface area contributed by atoms with E-state index in [0.29, 0.717) is 0 Å². The fourth-order valence-electron chi connectivity index (χ4n) is 2.45. The minimum absolute atomic E-state index is 0.00509. The quantitative estimate of drug-likeness (QED) is 0.411. The maximum absolute atomic E-state index is 14.1. The molecule has 23 heavy (non-hydrogen) atoms. The van der Waals surface area contributed by atoms with Crippen LogP contribution in [-0.2, 0) is 0 Å². The molecule has 3 aromatic rings. The number of rotatable bonds is 2. The van der Waals surface area contributed by atoms with Crippen molar-refractivity contribution in [2.45, 2.75) is 0 Å². The third-order valence-corrected chi connectivity index (χ3v) is 3.56. The number of benzene rings is 3. The Morgan fingerprint density at radius 1 is 0.739 bits per heavy atom. The number of fused-ring (bicyclic) bond motifs is 1. The van der Waals surface area contributed by atoms with Gasteiger partial charge in [0.1, 0.15) is 11.6 Å². The Morgan fingerprint density at radius 2 is 1.39 bits per heavy atom. The molecule has 3 rings (SSSR count). The van der Waals surface area contributed by atoms with Gasteiger partial charge >= 0.3 is 0 Å². The highest BCUT2D eigenvalue weighted by Crippen LogP contribution is 2.32. The Labute approximate surface area is 128 Å². The Hall–Kier alpha value is -2.69. The lowest BCUT2D eigenvalue weighted by atomic mass is 9.98. The monoisotopic (exact) mass is 320 g/mol. The SMILES string of the molecule is C=Cc1cc(F)c(-c2ccc3c(F)c(F)c(F)cc3c2)c(F)c1. The van der Waals surface area contributed by atoms with Crippen molar-refractivity contribution >= 4 is 16.8 Å². The van der Waals surface area contributed by atoms with Crippen molar-refractivity contribution in [3.05, 3.63) is 77.6 Å². The van der Waals surface area contributed by atoms with Crippen LogP contribution < -0.4 is 0 Å². The van der Waals surface area contributed by atoms with Gasteiger partial charge in [0.05, 0.1) is 5.56 Å². The molecule has 0 N–H and O–H groups in total. The van der Waals surface area contributed by atoms with Crippen molar-refractivity contribution in [3.8, 4) is 11.1 Å². The molecule has 0 spiro atoms. The van der Waals surface area contributed by atoms with E-state index < -0.39 is 29.1 Å². The molecule has 0 heterocycles. The van der Waals surface area contributed by atoms with E-state index in [9.17, 15) is 22.0 Å². The number of hydrogen-bond acceptors (Lipinski definition) is 0. The molecule has 3 aromatic carbocycles. The van der Waals surface area contributed by atoms with Crippen LogP contribution in [0.1, 0.15) is 5.56 Å². The molecule has 0 saturated heterocycles. The van der Waals surface area contributed by atoms with Crippen molar-refractivity contribution in [2.24, 2.45) is 0 Å². The summed E-state index contributed by atoms with van der Waals surface area (Å²) in [6, 6.07) is 6.59. The molecule has 0 atom stereocenters. The second-order valence-electron chi connectivity index (χ2n) is 4.99. The summed E-state index contributed by atoms with van der Waals surface area (Å²) in [5, 5.41) is -0.165. The van der Waals surface area contributed by atoms with E-state index in [1.807, 2.05) is 0 Å². The molecule has 0 amide bonds. The molecule has 0 nitrogen and oxygen atoms in total. The first-order chi connectivity index (χ1) is 10.9. The molecule has 5 heteroatoms. The van der Waals surface area contributed by atoms with Gasteiger partial charge in [0.25, 0.3) is 0 Å². The van der Waals surface area contributed by atoms with Crippen LogP contribution in [0.15, 0.2) is 43.0 Å². The van der Waals surface area contributed by atoms with Gasteiger partial charge in [0, 0.05) is 5.39 Å². The second kappa shape index (κ2) is 5.50. The summed E-state index contributed by atoms with van der Waals surface area (Å²) in [5.74, 6) is -5.95. The van der Waals surface area contributed by atoms with Crippen LogP contribution in [-0.4, -0.2) is 0 Å². The van der Waals surface area contributed by atoms with Gasteiger partial charge in [-0.1, -0.05) is 24.8 Å². The fourth-order valence-corrected chi connectivity index (χ4v) is 2.45. The Morgan fingerprint density at radius 3 is 2.00 bits per heavy atom. The molecule has 0 aliphatic heterocycles. The summed E-state index contributed by atoms with van der Waals surface area (Å²) in [4.78, 5) is 0. The van der Waals surface area contributed by atoms with Crippen LogP contribution in [0.2, 0.25) is 0 Å². The minimum Gasteiger partial charge on any atom is -0.206 e. The zero-order valence-electron chi connectivity index (χ0n) is 11.6. The van der Waals surface area contributed by atoms with Gasteiger partial charge in [0.15, 0.2) is 17.5 Å². The normalized spacial score (nSPS) is 11.0. The zero-order chi connectivity index (χ0) is 16.7. The molecule has 0 radical (unpaired) electrons. The van der Waals surface area contributed by atoms with E-state index in [4.69, 9.17) is 0 Å². The lowest BCUT2D eigenvalue weighted by molar-refractivity contribution is 0.453. The Bertz CT molecular complexity index is 921. The lowest BCUT2D eigenvalue weighted by Gasteiger charge is -2.09. The van der Waals surface area contributed by atoms with Gasteiger partial charge in [-0.2, -0.15) is 0 Å². The van der Waals surface area contributed by atoms with Crippen molar-refractivity contribution in [1.82, 2.24) is 0 Å². The molecule has 0 fully saturated rings. The number of hydrogen-bond donors (Lipinski definition) is 0. The van der Waals surface area contributed by atoms with Gasteiger partial charge in [-0.3, -0.25) is 0 Å². The number of halogens is 5. The summed E-state index contributed by atoms with van der Waals surface area (Å²) >= 11 is 0. The van der Waals surface area contributed by atoms with Gasteiger partial charge in [-0.15, -0.1) is 0 Å². The molecule has 0 unspecified atom stereocenters. The third kappa shape index (κ3) is 2.48. The van der Waals surface area contributed by atoms with Crippen molar-refractivity contribution in [1.29, 1.82) is 0 Å². The van der Waals surface area contributed by atoms with E-state index >= 15 is 0 Å². The van der Waals surface area contributed by atoms with Crippen LogP contribution in [0.4, 0.5) is 22.0 Å². The first-order valence-electron chi connectivity index (χ1n) is 6.61. The molecule has 0 bridgehead atoms. The predicted octanol–water partition coefficient (Wildman–Crippen LogP) is 5.85. The van der Waals surface area contributed by atoms with E-state index in [-0.39, 0.29) is 27.5 Å². The van der Waals surface area contributed by atoms with Crippen molar-refractivity contribution in [2.75, 3.05) is 0 Å². The van der Waals surface area contributed by atoms with Gasteiger partial charge < -0.3 is 0 Å². The Balaban J connectivity index is 2.26. The topological polar surface area (TPSA) is 0 Å². The lowest BCUT2D eigenvalue weighted by Crippen LogP contribution is -1.95. The maximum Gasteiger partial charge on any atom is 0.195 e. The molecule has 0 saturated carbocycles. The Kier molecular flexibility index (Phi) is 3.64. The van der Waals surface area contributed by atoms with Crippen LogP contribution in [0.25, 0.3) is 28.0 Å². The van der Waals surface area contributed by atoms with E-state index in [1.165, 1.54) is 18.2 Å². The van der Waals surface area contributed by atoms with Crippen LogP contribution >= 0.6 is 0 Å². The highest BCUT2D eigenvalue weighted by molar-refractivity contribution is 5.88. The standard InChI is InChI=1S/C18H9F5/c1-2-9-5-13(19)16(14(20)6-9)10-3-4-12-11(7-10)8-15(21)18(23)17(12)22/h2-8H,1H2. The van der Waals surface area contributed by atoms with Crippen molar-refractivity contribution in [3.63, 3.8) is 0 Å². The van der Waals surface area contributed by atoms with Crippen molar-refractivity contribution < 1.29 is 22.0 Å². The summed E-state index contributed by atoms with van der Waals surface area (Å²) < 4.78 is 68.4. The minimum atomic E-state index is -1.59. The average Bonchev–Trinajstić information content (AvgIpc) is 2.51.